The van der Waals surface area contributed by atoms with Crippen molar-refractivity contribution in [1.82, 2.24) is 0 Å². The summed E-state index contributed by atoms with van der Waals surface area (Å²) < 4.78 is 0. The number of carbonyl (C=O) groups is 1. The van der Waals surface area contributed by atoms with E-state index in [4.69, 9.17) is 0 Å². The molecule has 3 heteroatoms. The van der Waals surface area contributed by atoms with Gasteiger partial charge in [0.05, 0.1) is 11.6 Å². The molecule has 3 rings (SSSR count). The zero-order valence-electron chi connectivity index (χ0n) is 11.9. The van der Waals surface area contributed by atoms with Crippen LogP contribution in [0.15, 0.2) is 52.2 Å². The van der Waals surface area contributed by atoms with Gasteiger partial charge in [0.15, 0.2) is 5.78 Å². The van der Waals surface area contributed by atoms with E-state index in [2.05, 4.69) is 21.8 Å². The predicted octanol–water partition coefficient (Wildman–Crippen LogP) is 3.10. The Kier molecular flexibility index (Phi) is 3.37. The molecule has 2 heterocycles. The second kappa shape index (κ2) is 5.34. The molecule has 3 nitrogen and oxygen atoms in total. The fourth-order valence-electron chi connectivity index (χ4n) is 2.26. The van der Waals surface area contributed by atoms with E-state index in [1.54, 1.807) is 25.5 Å². The van der Waals surface area contributed by atoms with Gasteiger partial charge in [-0.2, -0.15) is 0 Å². The van der Waals surface area contributed by atoms with E-state index < -0.39 is 0 Å². The van der Waals surface area contributed by atoms with Crippen LogP contribution in [-0.2, 0) is 0 Å². The largest absolute Gasteiger partial charge is 0.295 e. The van der Waals surface area contributed by atoms with Crippen molar-refractivity contribution >= 4 is 17.7 Å². The molecule has 2 aliphatic heterocycles. The highest BCUT2D eigenvalue weighted by molar-refractivity contribution is 6.34. The quantitative estimate of drug-likeness (QED) is 0.573. The number of carbonyl (C=O) groups excluding carboxylic acids is 1. The van der Waals surface area contributed by atoms with Crippen molar-refractivity contribution in [2.24, 2.45) is 15.9 Å². The number of aliphatic imine (C=N–C) groups is 2. The van der Waals surface area contributed by atoms with E-state index in [1.807, 2.05) is 31.2 Å². The third-order valence-corrected chi connectivity index (χ3v) is 3.56. The van der Waals surface area contributed by atoms with Crippen LogP contribution in [0.1, 0.15) is 28.4 Å². The third kappa shape index (κ3) is 2.61. The van der Waals surface area contributed by atoms with Crippen molar-refractivity contribution in [2.45, 2.75) is 13.8 Å². The van der Waals surface area contributed by atoms with E-state index >= 15 is 0 Å². The number of Topliss-reactive ketones (excluding diaryl/α,β-unsaturated/α-hetero) is 1. The van der Waals surface area contributed by atoms with Gasteiger partial charge in [0.1, 0.15) is 0 Å². The lowest BCUT2D eigenvalue weighted by Gasteiger charge is -2.08. The van der Waals surface area contributed by atoms with Crippen LogP contribution in [0, 0.1) is 24.7 Å². The highest BCUT2D eigenvalue weighted by Gasteiger charge is 2.21. The van der Waals surface area contributed by atoms with Crippen LogP contribution in [0.3, 0.4) is 0 Å². The summed E-state index contributed by atoms with van der Waals surface area (Å²) in [6.45, 7) is 3.56. The Balaban J connectivity index is 1.89. The van der Waals surface area contributed by atoms with Crippen molar-refractivity contribution in [1.29, 1.82) is 0 Å². The van der Waals surface area contributed by atoms with Crippen LogP contribution < -0.4 is 0 Å². The Hall–Kier alpha value is -2.73. The van der Waals surface area contributed by atoms with Crippen molar-refractivity contribution in [3.05, 3.63) is 58.9 Å². The van der Waals surface area contributed by atoms with Gasteiger partial charge in [-0.3, -0.25) is 14.8 Å². The summed E-state index contributed by atoms with van der Waals surface area (Å²) >= 11 is 0. The number of rotatable bonds is 1. The summed E-state index contributed by atoms with van der Waals surface area (Å²) in [5.41, 5.74) is 4.52. The van der Waals surface area contributed by atoms with Crippen molar-refractivity contribution in [3.8, 4) is 11.8 Å². The molecule has 2 aliphatic rings. The molecule has 0 spiro atoms. The van der Waals surface area contributed by atoms with Crippen LogP contribution in [0.2, 0.25) is 0 Å². The van der Waals surface area contributed by atoms with Crippen LogP contribution in [-0.4, -0.2) is 17.7 Å². The minimum absolute atomic E-state index is 0.0511. The summed E-state index contributed by atoms with van der Waals surface area (Å²) in [4.78, 5) is 19.8. The van der Waals surface area contributed by atoms with Crippen molar-refractivity contribution in [3.63, 3.8) is 0 Å². The van der Waals surface area contributed by atoms with Gasteiger partial charge < -0.3 is 0 Å². The maximum atomic E-state index is 11.5. The fraction of sp³-hybridized carbons (Fsp3) is 0.167. The standard InChI is InChI=1S/C18H14N2O/c1-12-3-4-15(13(2)21)9-14(12)5-6-16-10-20-18-11-19-8-7-17(16)18/h3-4,7-11,17H,1-2H3. The van der Waals surface area contributed by atoms with Gasteiger partial charge in [-0.05, 0) is 25.5 Å². The fourth-order valence-corrected chi connectivity index (χ4v) is 2.26. The topological polar surface area (TPSA) is 41.8 Å². The summed E-state index contributed by atoms with van der Waals surface area (Å²) in [5.74, 6) is 6.51. The maximum Gasteiger partial charge on any atom is 0.159 e. The number of allylic oxidation sites excluding steroid dienone is 2. The van der Waals surface area contributed by atoms with Crippen LogP contribution in [0.4, 0.5) is 0 Å². The van der Waals surface area contributed by atoms with Crippen LogP contribution in [0.25, 0.3) is 0 Å². The first kappa shape index (κ1) is 13.3. The van der Waals surface area contributed by atoms with Gasteiger partial charge in [0.2, 0.25) is 0 Å². The zero-order valence-corrected chi connectivity index (χ0v) is 11.9. The molecule has 0 aromatic heterocycles. The molecule has 1 aromatic carbocycles. The van der Waals surface area contributed by atoms with Gasteiger partial charge in [0, 0.05) is 35.3 Å². The number of hydrogen-bond donors (Lipinski definition) is 0. The maximum absolute atomic E-state index is 11.5. The molecular weight excluding hydrogens is 260 g/mol. The molecule has 1 aromatic rings. The molecule has 0 saturated heterocycles. The molecule has 0 N–H and O–H groups in total. The van der Waals surface area contributed by atoms with E-state index in [9.17, 15) is 4.79 Å². The molecule has 21 heavy (non-hydrogen) atoms. The van der Waals surface area contributed by atoms with Crippen molar-refractivity contribution in [2.75, 3.05) is 0 Å². The smallest absolute Gasteiger partial charge is 0.159 e. The highest BCUT2D eigenvalue weighted by Crippen LogP contribution is 2.22. The minimum Gasteiger partial charge on any atom is -0.295 e. The van der Waals surface area contributed by atoms with E-state index in [0.29, 0.717) is 5.56 Å². The van der Waals surface area contributed by atoms with Crippen LogP contribution in [0.5, 0.6) is 0 Å². The first-order chi connectivity index (χ1) is 10.1. The number of fused-ring (bicyclic) bond motifs is 1. The first-order valence-corrected chi connectivity index (χ1v) is 6.76. The molecule has 1 atom stereocenters. The summed E-state index contributed by atoms with van der Waals surface area (Å²) in [7, 11) is 0. The van der Waals surface area contributed by atoms with Gasteiger partial charge in [-0.1, -0.05) is 30.0 Å². The number of aryl methyl sites for hydroxylation is 1. The Morgan fingerprint density at radius 2 is 2.14 bits per heavy atom. The first-order valence-electron chi connectivity index (χ1n) is 6.76. The molecular formula is C18H14N2O. The number of nitrogens with zero attached hydrogens (tertiary/aromatic N) is 2. The zero-order chi connectivity index (χ0) is 14.8. The molecule has 0 amide bonds. The van der Waals surface area contributed by atoms with E-state index in [1.165, 1.54) is 0 Å². The Morgan fingerprint density at radius 3 is 2.95 bits per heavy atom. The minimum atomic E-state index is 0.0511. The van der Waals surface area contributed by atoms with Gasteiger partial charge in [0.25, 0.3) is 0 Å². The lowest BCUT2D eigenvalue weighted by Crippen LogP contribution is -2.13. The normalized spacial score (nSPS) is 18.5. The molecule has 0 radical (unpaired) electrons. The Labute approximate surface area is 123 Å². The second-order valence-corrected chi connectivity index (χ2v) is 5.07. The SMILES string of the molecule is CC(=O)c1ccc(C)c(C#CC2=CN=C3C=NC=CC23)c1. The number of benzene rings is 1. The average molecular weight is 274 g/mol. The molecule has 102 valence electrons. The van der Waals surface area contributed by atoms with E-state index in [0.717, 1.165) is 22.4 Å². The van der Waals surface area contributed by atoms with Gasteiger partial charge in [-0.15, -0.1) is 0 Å². The molecule has 0 saturated carbocycles. The lowest BCUT2D eigenvalue weighted by molar-refractivity contribution is 0.101. The second-order valence-electron chi connectivity index (χ2n) is 5.07. The molecule has 0 fully saturated rings. The van der Waals surface area contributed by atoms with Crippen LogP contribution >= 0.6 is 0 Å². The third-order valence-electron chi connectivity index (χ3n) is 3.56. The average Bonchev–Trinajstić information content (AvgIpc) is 2.89. The Morgan fingerprint density at radius 1 is 1.29 bits per heavy atom. The molecule has 0 aliphatic carbocycles. The monoisotopic (exact) mass is 274 g/mol. The molecule has 1 unspecified atom stereocenters. The predicted molar refractivity (Wildman–Crippen MR) is 84.7 cm³/mol. The molecule has 0 bridgehead atoms. The van der Waals surface area contributed by atoms with Gasteiger partial charge >= 0.3 is 0 Å². The Bertz CT molecular complexity index is 798. The summed E-state index contributed by atoms with van der Waals surface area (Å²) in [6.07, 6.45) is 7.31. The van der Waals surface area contributed by atoms with Gasteiger partial charge in [-0.25, -0.2) is 0 Å². The van der Waals surface area contributed by atoms with Crippen molar-refractivity contribution < 1.29 is 4.79 Å². The number of ketones is 1. The summed E-state index contributed by atoms with van der Waals surface area (Å²) in [6, 6.07) is 5.61. The lowest BCUT2D eigenvalue weighted by atomic mass is 9.95. The summed E-state index contributed by atoms with van der Waals surface area (Å²) in [5, 5.41) is 0. The highest BCUT2D eigenvalue weighted by atomic mass is 16.1. The van der Waals surface area contributed by atoms with E-state index in [-0.39, 0.29) is 11.7 Å². The number of hydrogen-bond acceptors (Lipinski definition) is 3.